The van der Waals surface area contributed by atoms with Crippen LogP contribution in [0.25, 0.3) is 0 Å². The van der Waals surface area contributed by atoms with E-state index in [4.69, 9.17) is 17.3 Å². The lowest BCUT2D eigenvalue weighted by Crippen LogP contribution is -2.28. The molecule has 3 N–H and O–H groups in total. The summed E-state index contributed by atoms with van der Waals surface area (Å²) in [6.45, 7) is -0.861. The zero-order valence-corrected chi connectivity index (χ0v) is 10.2. The van der Waals surface area contributed by atoms with Gasteiger partial charge in [-0.3, -0.25) is 0 Å². The van der Waals surface area contributed by atoms with E-state index in [-0.39, 0.29) is 11.4 Å². The van der Waals surface area contributed by atoms with Crippen molar-refractivity contribution in [2.45, 2.75) is 17.9 Å². The molecule has 0 aromatic heterocycles. The van der Waals surface area contributed by atoms with Gasteiger partial charge in [0, 0.05) is 11.6 Å². The summed E-state index contributed by atoms with van der Waals surface area (Å²) in [5.74, 6) is 0. The fraction of sp³-hybridized carbons (Fsp3) is 0.333. The number of benzene rings is 1. The number of halogens is 3. The van der Waals surface area contributed by atoms with E-state index in [2.05, 4.69) is 0 Å². The molecule has 0 amide bonds. The normalized spacial score (nSPS) is 12.1. The third kappa shape index (κ3) is 3.88. The lowest BCUT2D eigenvalue weighted by molar-refractivity contribution is 0.153. The van der Waals surface area contributed by atoms with Crippen molar-refractivity contribution >= 4 is 21.6 Å². The van der Waals surface area contributed by atoms with Crippen molar-refractivity contribution in [3.05, 3.63) is 28.8 Å². The summed E-state index contributed by atoms with van der Waals surface area (Å²) in [5.41, 5.74) is 5.80. The van der Waals surface area contributed by atoms with Crippen LogP contribution in [0.1, 0.15) is 5.56 Å². The van der Waals surface area contributed by atoms with Gasteiger partial charge in [-0.15, -0.1) is 0 Å². The summed E-state index contributed by atoms with van der Waals surface area (Å²) in [4.78, 5) is -0.136. The molecule has 1 aromatic rings. The molecule has 0 aliphatic carbocycles. The Labute approximate surface area is 103 Å². The number of hydrogen-bond acceptors (Lipinski definition) is 3. The highest BCUT2D eigenvalue weighted by molar-refractivity contribution is 7.89. The minimum Gasteiger partial charge on any atom is -0.326 e. The Balaban J connectivity index is 2.99. The van der Waals surface area contributed by atoms with Crippen LogP contribution in [-0.2, 0) is 16.6 Å². The molecule has 0 saturated heterocycles. The van der Waals surface area contributed by atoms with Crippen LogP contribution < -0.4 is 10.5 Å². The molecular formula is C9H11ClF2N2O2S. The topological polar surface area (TPSA) is 72.2 Å². The molecule has 0 heterocycles. The third-order valence-corrected chi connectivity index (χ3v) is 3.77. The number of rotatable bonds is 5. The second kappa shape index (κ2) is 5.72. The summed E-state index contributed by atoms with van der Waals surface area (Å²) in [6.07, 6.45) is -2.74. The van der Waals surface area contributed by atoms with Crippen LogP contribution in [0.3, 0.4) is 0 Å². The van der Waals surface area contributed by atoms with E-state index in [0.717, 1.165) is 0 Å². The molecule has 1 rings (SSSR count). The molecule has 0 radical (unpaired) electrons. The number of sulfonamides is 1. The first-order valence-electron chi connectivity index (χ1n) is 4.63. The smallest absolute Gasteiger partial charge is 0.251 e. The largest absolute Gasteiger partial charge is 0.326 e. The van der Waals surface area contributed by atoms with Gasteiger partial charge in [0.2, 0.25) is 10.0 Å². The maximum absolute atomic E-state index is 11.9. The van der Waals surface area contributed by atoms with Crippen molar-refractivity contribution in [1.82, 2.24) is 4.72 Å². The highest BCUT2D eigenvalue weighted by atomic mass is 35.5. The van der Waals surface area contributed by atoms with Crippen molar-refractivity contribution in [2.75, 3.05) is 6.54 Å². The zero-order chi connectivity index (χ0) is 13.1. The SMILES string of the molecule is NCc1cc(S(=O)(=O)NCC(F)F)ccc1Cl. The second-order valence-electron chi connectivity index (χ2n) is 3.20. The molecule has 0 bridgehead atoms. The molecule has 17 heavy (non-hydrogen) atoms. The van der Waals surface area contributed by atoms with E-state index in [1.54, 1.807) is 4.72 Å². The molecule has 1 aromatic carbocycles. The lowest BCUT2D eigenvalue weighted by atomic mass is 10.2. The van der Waals surface area contributed by atoms with Crippen LogP contribution in [0, 0.1) is 0 Å². The van der Waals surface area contributed by atoms with E-state index in [0.29, 0.717) is 10.6 Å². The highest BCUT2D eigenvalue weighted by Gasteiger charge is 2.17. The molecule has 8 heteroatoms. The van der Waals surface area contributed by atoms with E-state index in [9.17, 15) is 17.2 Å². The second-order valence-corrected chi connectivity index (χ2v) is 5.37. The summed E-state index contributed by atoms with van der Waals surface area (Å²) in [6, 6.07) is 3.85. The monoisotopic (exact) mass is 284 g/mol. The highest BCUT2D eigenvalue weighted by Crippen LogP contribution is 2.19. The minimum atomic E-state index is -3.95. The van der Waals surface area contributed by atoms with Gasteiger partial charge in [0.15, 0.2) is 0 Å². The minimum absolute atomic E-state index is 0.0665. The Morgan fingerprint density at radius 1 is 1.41 bits per heavy atom. The quantitative estimate of drug-likeness (QED) is 0.857. The summed E-state index contributed by atoms with van der Waals surface area (Å²) >= 11 is 5.76. The van der Waals surface area contributed by atoms with Gasteiger partial charge < -0.3 is 5.73 Å². The maximum atomic E-state index is 11.9. The van der Waals surface area contributed by atoms with Gasteiger partial charge in [0.1, 0.15) is 0 Å². The van der Waals surface area contributed by atoms with Crippen molar-refractivity contribution in [2.24, 2.45) is 5.73 Å². The van der Waals surface area contributed by atoms with Crippen molar-refractivity contribution in [3.63, 3.8) is 0 Å². The Morgan fingerprint density at radius 3 is 2.59 bits per heavy atom. The van der Waals surface area contributed by atoms with E-state index >= 15 is 0 Å². The van der Waals surface area contributed by atoms with E-state index < -0.39 is 23.0 Å². The van der Waals surface area contributed by atoms with Gasteiger partial charge in [0.25, 0.3) is 6.43 Å². The number of nitrogens with two attached hydrogens (primary N) is 1. The molecule has 0 atom stereocenters. The van der Waals surface area contributed by atoms with Crippen LogP contribution in [0.5, 0.6) is 0 Å². The zero-order valence-electron chi connectivity index (χ0n) is 8.66. The van der Waals surface area contributed by atoms with Crippen LogP contribution in [0.15, 0.2) is 23.1 Å². The van der Waals surface area contributed by atoms with Gasteiger partial charge in [-0.05, 0) is 23.8 Å². The van der Waals surface area contributed by atoms with E-state index in [1.807, 2.05) is 0 Å². The summed E-state index contributed by atoms with van der Waals surface area (Å²) < 4.78 is 48.8. The first kappa shape index (κ1) is 14.3. The Kier molecular flexibility index (Phi) is 4.81. The molecule has 0 spiro atoms. The molecule has 0 aliphatic heterocycles. The van der Waals surface area contributed by atoms with Crippen LogP contribution in [0.4, 0.5) is 8.78 Å². The summed E-state index contributed by atoms with van der Waals surface area (Å²) in [5, 5.41) is 0.334. The average Bonchev–Trinajstić information content (AvgIpc) is 2.27. The van der Waals surface area contributed by atoms with Crippen molar-refractivity contribution in [3.8, 4) is 0 Å². The third-order valence-electron chi connectivity index (χ3n) is 1.98. The fourth-order valence-electron chi connectivity index (χ4n) is 1.13. The predicted octanol–water partition coefficient (Wildman–Crippen LogP) is 1.34. The van der Waals surface area contributed by atoms with Gasteiger partial charge in [-0.25, -0.2) is 21.9 Å². The molecule has 96 valence electrons. The number of alkyl halides is 2. The van der Waals surface area contributed by atoms with Crippen LogP contribution >= 0.6 is 11.6 Å². The summed E-state index contributed by atoms with van der Waals surface area (Å²) in [7, 11) is -3.95. The number of hydrogen-bond donors (Lipinski definition) is 2. The molecule has 0 saturated carbocycles. The standard InChI is InChI=1S/C9H11ClF2N2O2S/c10-8-2-1-7(3-6(8)4-13)17(15,16)14-5-9(11)12/h1-3,9,14H,4-5,13H2. The molecule has 0 fully saturated rings. The first-order valence-corrected chi connectivity index (χ1v) is 6.49. The Morgan fingerprint density at radius 2 is 2.06 bits per heavy atom. The molecule has 0 unspecified atom stereocenters. The van der Waals surface area contributed by atoms with Crippen molar-refractivity contribution < 1.29 is 17.2 Å². The van der Waals surface area contributed by atoms with Gasteiger partial charge in [-0.1, -0.05) is 11.6 Å². The van der Waals surface area contributed by atoms with Crippen molar-refractivity contribution in [1.29, 1.82) is 0 Å². The van der Waals surface area contributed by atoms with Gasteiger partial charge in [-0.2, -0.15) is 0 Å². The Hall–Kier alpha value is -0.760. The van der Waals surface area contributed by atoms with Crippen LogP contribution in [-0.4, -0.2) is 21.4 Å². The maximum Gasteiger partial charge on any atom is 0.251 e. The predicted molar refractivity (Wildman–Crippen MR) is 60.5 cm³/mol. The molecule has 0 aliphatic rings. The van der Waals surface area contributed by atoms with Gasteiger partial charge in [0.05, 0.1) is 11.4 Å². The fourth-order valence-corrected chi connectivity index (χ4v) is 2.38. The number of nitrogens with one attached hydrogen (secondary N) is 1. The van der Waals surface area contributed by atoms with Crippen LogP contribution in [0.2, 0.25) is 5.02 Å². The molecular weight excluding hydrogens is 274 g/mol. The molecule has 4 nitrogen and oxygen atoms in total. The first-order chi connectivity index (χ1) is 7.86. The van der Waals surface area contributed by atoms with Gasteiger partial charge >= 0.3 is 0 Å². The average molecular weight is 285 g/mol. The van der Waals surface area contributed by atoms with E-state index in [1.165, 1.54) is 18.2 Å². The Bertz CT molecular complexity index is 494. The lowest BCUT2D eigenvalue weighted by Gasteiger charge is -2.08.